The number of thioether (sulfide) groups is 1. The van der Waals surface area contributed by atoms with Gasteiger partial charge in [0, 0.05) is 37.5 Å². The maximum Gasteiger partial charge on any atom is 0.238 e. The smallest absolute Gasteiger partial charge is 0.238 e. The van der Waals surface area contributed by atoms with E-state index < -0.39 is 0 Å². The minimum atomic E-state index is -0.0166. The Bertz CT molecular complexity index is 379. The normalized spacial score (nSPS) is 18.6. The summed E-state index contributed by atoms with van der Waals surface area (Å²) >= 11 is 1.76. The first-order valence-corrected chi connectivity index (χ1v) is 7.28. The highest BCUT2D eigenvalue weighted by atomic mass is 32.2. The number of benzene rings is 1. The summed E-state index contributed by atoms with van der Waals surface area (Å²) in [5.74, 6) is 1.86. The monoisotopic (exact) mass is 265 g/mol. The van der Waals surface area contributed by atoms with Crippen LogP contribution in [-0.4, -0.2) is 43.7 Å². The van der Waals surface area contributed by atoms with E-state index in [9.17, 15) is 4.79 Å². The van der Waals surface area contributed by atoms with Crippen molar-refractivity contribution < 1.29 is 4.79 Å². The summed E-state index contributed by atoms with van der Waals surface area (Å²) in [6.45, 7) is 1.49. The zero-order chi connectivity index (χ0) is 12.8. The van der Waals surface area contributed by atoms with E-state index in [2.05, 4.69) is 27.7 Å². The maximum atomic E-state index is 11.8. The van der Waals surface area contributed by atoms with E-state index in [0.717, 1.165) is 18.2 Å². The first kappa shape index (κ1) is 13.2. The highest BCUT2D eigenvalue weighted by Crippen LogP contribution is 2.10. The summed E-state index contributed by atoms with van der Waals surface area (Å²) in [6.07, 6.45) is 0. The van der Waals surface area contributed by atoms with Gasteiger partial charge in [0.05, 0.1) is 6.04 Å². The van der Waals surface area contributed by atoms with E-state index in [0.29, 0.717) is 6.54 Å². The average Bonchev–Trinajstić information content (AvgIpc) is 2.93. The lowest BCUT2D eigenvalue weighted by molar-refractivity contribution is -0.122. The van der Waals surface area contributed by atoms with Gasteiger partial charge in [0.1, 0.15) is 0 Å². The van der Waals surface area contributed by atoms with Crippen LogP contribution in [0.5, 0.6) is 0 Å². The van der Waals surface area contributed by atoms with Gasteiger partial charge in [-0.15, -0.1) is 11.8 Å². The van der Waals surface area contributed by atoms with Crippen molar-refractivity contribution in [3.05, 3.63) is 30.3 Å². The van der Waals surface area contributed by atoms with Crippen LogP contribution in [0.1, 0.15) is 0 Å². The van der Waals surface area contributed by atoms with Crippen LogP contribution in [0.15, 0.2) is 30.3 Å². The molecular weight excluding hydrogens is 246 g/mol. The molecule has 4 nitrogen and oxygen atoms in total. The van der Waals surface area contributed by atoms with Crippen LogP contribution >= 0.6 is 11.8 Å². The molecule has 1 aliphatic rings. The van der Waals surface area contributed by atoms with Crippen LogP contribution in [-0.2, 0) is 4.79 Å². The van der Waals surface area contributed by atoms with Crippen molar-refractivity contribution in [2.75, 3.05) is 36.7 Å². The third-order valence-corrected chi connectivity index (χ3v) is 3.92. The maximum absolute atomic E-state index is 11.8. The Labute approximate surface area is 112 Å². The van der Waals surface area contributed by atoms with Crippen molar-refractivity contribution in [2.24, 2.45) is 0 Å². The van der Waals surface area contributed by atoms with Crippen LogP contribution in [0.4, 0.5) is 5.69 Å². The van der Waals surface area contributed by atoms with Crippen molar-refractivity contribution in [3.63, 3.8) is 0 Å². The molecule has 98 valence electrons. The standard InChI is InChI=1S/C13H19N3OS/c1-16(11-5-3-2-4-6-11)8-7-14-13(17)12-9-18-10-15-12/h2-6,12,15H,7-10H2,1H3,(H,14,17). The fourth-order valence-electron chi connectivity index (χ4n) is 1.85. The topological polar surface area (TPSA) is 44.4 Å². The molecule has 0 aromatic heterocycles. The number of likely N-dealkylation sites (N-methyl/N-ethyl adjacent to an activating group) is 1. The van der Waals surface area contributed by atoms with Crippen molar-refractivity contribution in [3.8, 4) is 0 Å². The highest BCUT2D eigenvalue weighted by molar-refractivity contribution is 7.99. The van der Waals surface area contributed by atoms with E-state index in [-0.39, 0.29) is 11.9 Å². The highest BCUT2D eigenvalue weighted by Gasteiger charge is 2.21. The Hall–Kier alpha value is -1.20. The molecule has 1 amide bonds. The number of nitrogens with one attached hydrogen (secondary N) is 2. The largest absolute Gasteiger partial charge is 0.373 e. The second kappa shape index (κ2) is 6.66. The van der Waals surface area contributed by atoms with Gasteiger partial charge in [-0.1, -0.05) is 18.2 Å². The van der Waals surface area contributed by atoms with Crippen LogP contribution in [0.3, 0.4) is 0 Å². The van der Waals surface area contributed by atoms with E-state index in [1.165, 1.54) is 5.69 Å². The van der Waals surface area contributed by atoms with Gasteiger partial charge in [-0.05, 0) is 12.1 Å². The number of carbonyl (C=O) groups excluding carboxylic acids is 1. The molecule has 18 heavy (non-hydrogen) atoms. The summed E-state index contributed by atoms with van der Waals surface area (Å²) in [6, 6.07) is 10.2. The molecule has 0 saturated carbocycles. The molecule has 0 bridgehead atoms. The van der Waals surface area contributed by atoms with Gasteiger partial charge in [-0.2, -0.15) is 0 Å². The second-order valence-corrected chi connectivity index (χ2v) is 5.35. The number of carbonyl (C=O) groups is 1. The van der Waals surface area contributed by atoms with Gasteiger partial charge in [0.2, 0.25) is 5.91 Å². The molecule has 1 aliphatic heterocycles. The second-order valence-electron chi connectivity index (χ2n) is 4.32. The summed E-state index contributed by atoms with van der Waals surface area (Å²) < 4.78 is 0. The van der Waals surface area contributed by atoms with Crippen molar-refractivity contribution in [1.82, 2.24) is 10.6 Å². The Balaban J connectivity index is 1.70. The number of para-hydroxylation sites is 1. The van der Waals surface area contributed by atoms with Gasteiger partial charge >= 0.3 is 0 Å². The minimum Gasteiger partial charge on any atom is -0.373 e. The lowest BCUT2D eigenvalue weighted by Gasteiger charge is -2.20. The first-order valence-electron chi connectivity index (χ1n) is 6.12. The molecule has 1 atom stereocenters. The summed E-state index contributed by atoms with van der Waals surface area (Å²) in [7, 11) is 2.03. The molecule has 1 aromatic rings. The number of hydrogen-bond donors (Lipinski definition) is 2. The van der Waals surface area contributed by atoms with Gasteiger partial charge in [-0.3, -0.25) is 10.1 Å². The van der Waals surface area contributed by atoms with Crippen LogP contribution in [0.2, 0.25) is 0 Å². The zero-order valence-corrected chi connectivity index (χ0v) is 11.4. The first-order chi connectivity index (χ1) is 8.77. The Morgan fingerprint density at radius 1 is 1.50 bits per heavy atom. The third kappa shape index (κ3) is 3.65. The summed E-state index contributed by atoms with van der Waals surface area (Å²) in [4.78, 5) is 13.9. The van der Waals surface area contributed by atoms with Crippen LogP contribution < -0.4 is 15.5 Å². The zero-order valence-electron chi connectivity index (χ0n) is 10.6. The van der Waals surface area contributed by atoms with Crippen LogP contribution in [0.25, 0.3) is 0 Å². The Morgan fingerprint density at radius 3 is 2.94 bits per heavy atom. The summed E-state index contributed by atoms with van der Waals surface area (Å²) in [5, 5.41) is 6.13. The Kier molecular flexibility index (Phi) is 4.90. The van der Waals surface area contributed by atoms with Crippen LogP contribution in [0, 0.1) is 0 Å². The van der Waals surface area contributed by atoms with Crippen molar-refractivity contribution >= 4 is 23.4 Å². The third-order valence-electron chi connectivity index (χ3n) is 2.98. The number of nitrogens with zero attached hydrogens (tertiary/aromatic N) is 1. The molecule has 5 heteroatoms. The van der Waals surface area contributed by atoms with E-state index in [4.69, 9.17) is 0 Å². The predicted molar refractivity (Wildman–Crippen MR) is 77.0 cm³/mol. The van der Waals surface area contributed by atoms with Crippen molar-refractivity contribution in [2.45, 2.75) is 6.04 Å². The van der Waals surface area contributed by atoms with Gasteiger partial charge in [0.25, 0.3) is 0 Å². The van der Waals surface area contributed by atoms with Crippen molar-refractivity contribution in [1.29, 1.82) is 0 Å². The number of amides is 1. The molecular formula is C13H19N3OS. The lowest BCUT2D eigenvalue weighted by Crippen LogP contribution is -2.44. The van der Waals surface area contributed by atoms with Gasteiger partial charge in [-0.25, -0.2) is 0 Å². The summed E-state index contributed by atoms with van der Waals surface area (Å²) in [5.41, 5.74) is 1.17. The molecule has 0 aliphatic carbocycles. The minimum absolute atomic E-state index is 0.0166. The van der Waals surface area contributed by atoms with Gasteiger partial charge < -0.3 is 10.2 Å². The SMILES string of the molecule is CN(CCNC(=O)C1CSCN1)c1ccccc1. The molecule has 0 radical (unpaired) electrons. The Morgan fingerprint density at radius 2 is 2.28 bits per heavy atom. The van der Waals surface area contributed by atoms with E-state index >= 15 is 0 Å². The quantitative estimate of drug-likeness (QED) is 0.830. The average molecular weight is 265 g/mol. The number of anilines is 1. The molecule has 1 heterocycles. The fraction of sp³-hybridized carbons (Fsp3) is 0.462. The van der Waals surface area contributed by atoms with E-state index in [1.54, 1.807) is 11.8 Å². The van der Waals surface area contributed by atoms with E-state index in [1.807, 2.05) is 25.2 Å². The predicted octanol–water partition coefficient (Wildman–Crippen LogP) is 0.901. The molecule has 1 unspecified atom stereocenters. The lowest BCUT2D eigenvalue weighted by atomic mass is 10.3. The molecule has 1 aromatic carbocycles. The molecule has 2 N–H and O–H groups in total. The molecule has 2 rings (SSSR count). The molecule has 1 saturated heterocycles. The van der Waals surface area contributed by atoms with Gasteiger partial charge in [0.15, 0.2) is 0 Å². The molecule has 1 fully saturated rings. The molecule has 0 spiro atoms. The fourth-order valence-corrected chi connectivity index (χ4v) is 2.79. The number of hydrogen-bond acceptors (Lipinski definition) is 4. The number of rotatable bonds is 5.